The number of hydrogen-bond donors (Lipinski definition) is 0. The highest BCUT2D eigenvalue weighted by molar-refractivity contribution is 6.30. The molecule has 1 heterocycles. The maximum Gasteiger partial charge on any atom is 0.0991 e. The van der Waals surface area contributed by atoms with Crippen molar-refractivity contribution in [2.75, 3.05) is 0 Å². The minimum atomic E-state index is 0.445. The Morgan fingerprint density at radius 3 is 2.73 bits per heavy atom. The number of imidazole rings is 1. The first kappa shape index (κ1) is 10.2. The molecule has 0 saturated heterocycles. The number of hydrogen-bond acceptors (Lipinski definition) is 1. The van der Waals surface area contributed by atoms with E-state index in [2.05, 4.69) is 18.8 Å². The van der Waals surface area contributed by atoms with Crippen molar-refractivity contribution in [1.29, 1.82) is 0 Å². The van der Waals surface area contributed by atoms with E-state index in [-0.39, 0.29) is 0 Å². The molecule has 2 rings (SSSR count). The second kappa shape index (κ2) is 4.07. The van der Waals surface area contributed by atoms with Gasteiger partial charge in [-0.15, -0.1) is 0 Å². The maximum absolute atomic E-state index is 6.00. The molecule has 0 amide bonds. The Morgan fingerprint density at radius 1 is 1.33 bits per heavy atom. The van der Waals surface area contributed by atoms with E-state index >= 15 is 0 Å². The number of aromatic nitrogens is 2. The van der Waals surface area contributed by atoms with Gasteiger partial charge >= 0.3 is 0 Å². The van der Waals surface area contributed by atoms with Gasteiger partial charge < -0.3 is 4.57 Å². The molecule has 0 radical (unpaired) electrons. The highest BCUT2D eigenvalue weighted by atomic mass is 35.5. The smallest absolute Gasteiger partial charge is 0.0991 e. The average molecular weight is 221 g/mol. The summed E-state index contributed by atoms with van der Waals surface area (Å²) in [5.41, 5.74) is 2.38. The molecule has 0 spiro atoms. The summed E-state index contributed by atoms with van der Waals surface area (Å²) in [6.07, 6.45) is 5.52. The standard InChI is InChI=1S/C12H13ClN2/c1-9(2)11-7-10(13)3-4-12(11)15-6-5-14-8-15/h3-9H,1-2H3. The van der Waals surface area contributed by atoms with Gasteiger partial charge in [0.05, 0.1) is 12.0 Å². The largest absolute Gasteiger partial charge is 0.306 e. The van der Waals surface area contributed by atoms with Crippen LogP contribution in [0.5, 0.6) is 0 Å². The van der Waals surface area contributed by atoms with Crippen molar-refractivity contribution in [2.24, 2.45) is 0 Å². The average Bonchev–Trinajstić information content (AvgIpc) is 2.70. The molecule has 3 heteroatoms. The zero-order valence-electron chi connectivity index (χ0n) is 8.81. The van der Waals surface area contributed by atoms with E-state index in [1.54, 1.807) is 12.5 Å². The quantitative estimate of drug-likeness (QED) is 0.756. The molecule has 0 bridgehead atoms. The summed E-state index contributed by atoms with van der Waals surface area (Å²) in [5.74, 6) is 0.445. The Hall–Kier alpha value is -1.28. The van der Waals surface area contributed by atoms with Gasteiger partial charge in [0, 0.05) is 17.4 Å². The van der Waals surface area contributed by atoms with Gasteiger partial charge in [-0.05, 0) is 29.7 Å². The second-order valence-electron chi connectivity index (χ2n) is 3.83. The van der Waals surface area contributed by atoms with Crippen LogP contribution in [0.4, 0.5) is 0 Å². The van der Waals surface area contributed by atoms with Gasteiger partial charge in [-0.25, -0.2) is 4.98 Å². The third-order valence-corrected chi connectivity index (χ3v) is 2.63. The van der Waals surface area contributed by atoms with Crippen LogP contribution in [0.15, 0.2) is 36.9 Å². The highest BCUT2D eigenvalue weighted by Crippen LogP contribution is 2.26. The van der Waals surface area contributed by atoms with Gasteiger partial charge in [-0.2, -0.15) is 0 Å². The van der Waals surface area contributed by atoms with Crippen LogP contribution in [-0.2, 0) is 0 Å². The van der Waals surface area contributed by atoms with Gasteiger partial charge in [-0.1, -0.05) is 25.4 Å². The number of nitrogens with zero attached hydrogens (tertiary/aromatic N) is 2. The molecule has 0 aliphatic rings. The van der Waals surface area contributed by atoms with E-state index in [0.717, 1.165) is 10.7 Å². The Morgan fingerprint density at radius 2 is 2.13 bits per heavy atom. The van der Waals surface area contributed by atoms with Crippen molar-refractivity contribution in [3.8, 4) is 5.69 Å². The van der Waals surface area contributed by atoms with Crippen molar-refractivity contribution in [1.82, 2.24) is 9.55 Å². The molecule has 0 aliphatic heterocycles. The van der Waals surface area contributed by atoms with Gasteiger partial charge in [0.2, 0.25) is 0 Å². The first-order chi connectivity index (χ1) is 7.18. The number of benzene rings is 1. The van der Waals surface area contributed by atoms with E-state index in [0.29, 0.717) is 5.92 Å². The van der Waals surface area contributed by atoms with Crippen molar-refractivity contribution in [3.63, 3.8) is 0 Å². The third-order valence-electron chi connectivity index (χ3n) is 2.39. The van der Waals surface area contributed by atoms with Crippen LogP contribution in [0, 0.1) is 0 Å². The Balaban J connectivity index is 2.56. The summed E-state index contributed by atoms with van der Waals surface area (Å²) >= 11 is 6.00. The van der Waals surface area contributed by atoms with Crippen molar-refractivity contribution in [3.05, 3.63) is 47.5 Å². The molecule has 1 aromatic heterocycles. The normalized spacial score (nSPS) is 10.9. The first-order valence-electron chi connectivity index (χ1n) is 4.96. The predicted octanol–water partition coefficient (Wildman–Crippen LogP) is 3.65. The molecule has 0 atom stereocenters. The predicted molar refractivity (Wildman–Crippen MR) is 62.7 cm³/mol. The van der Waals surface area contributed by atoms with Gasteiger partial charge in [0.25, 0.3) is 0 Å². The molecule has 0 fully saturated rings. The fraction of sp³-hybridized carbons (Fsp3) is 0.250. The van der Waals surface area contributed by atoms with Crippen LogP contribution in [0.3, 0.4) is 0 Å². The summed E-state index contributed by atoms with van der Waals surface area (Å²) in [6.45, 7) is 4.32. The monoisotopic (exact) mass is 220 g/mol. The molecular weight excluding hydrogens is 208 g/mol. The van der Waals surface area contributed by atoms with E-state index in [1.165, 1.54) is 5.56 Å². The molecule has 0 aliphatic carbocycles. The van der Waals surface area contributed by atoms with E-state index in [1.807, 2.05) is 29.0 Å². The van der Waals surface area contributed by atoms with Crippen LogP contribution >= 0.6 is 11.6 Å². The fourth-order valence-electron chi connectivity index (χ4n) is 1.62. The Kier molecular flexibility index (Phi) is 2.78. The summed E-state index contributed by atoms with van der Waals surface area (Å²) < 4.78 is 2.01. The van der Waals surface area contributed by atoms with Crippen LogP contribution in [0.1, 0.15) is 25.3 Å². The lowest BCUT2D eigenvalue weighted by Crippen LogP contribution is -1.98. The van der Waals surface area contributed by atoms with E-state index < -0.39 is 0 Å². The maximum atomic E-state index is 6.00. The highest BCUT2D eigenvalue weighted by Gasteiger charge is 2.08. The van der Waals surface area contributed by atoms with Crippen molar-refractivity contribution in [2.45, 2.75) is 19.8 Å². The molecule has 78 valence electrons. The zero-order chi connectivity index (χ0) is 10.8. The van der Waals surface area contributed by atoms with Crippen LogP contribution in [-0.4, -0.2) is 9.55 Å². The van der Waals surface area contributed by atoms with Crippen LogP contribution in [0.2, 0.25) is 5.02 Å². The topological polar surface area (TPSA) is 17.8 Å². The molecular formula is C12H13ClN2. The molecule has 15 heavy (non-hydrogen) atoms. The third kappa shape index (κ3) is 2.05. The summed E-state index contributed by atoms with van der Waals surface area (Å²) in [6, 6.07) is 5.95. The lowest BCUT2D eigenvalue weighted by Gasteiger charge is -2.13. The second-order valence-corrected chi connectivity index (χ2v) is 4.26. The number of rotatable bonds is 2. The van der Waals surface area contributed by atoms with Gasteiger partial charge in [0.15, 0.2) is 0 Å². The molecule has 0 N–H and O–H groups in total. The lowest BCUT2D eigenvalue weighted by atomic mass is 10.0. The lowest BCUT2D eigenvalue weighted by molar-refractivity contribution is 0.846. The van der Waals surface area contributed by atoms with Crippen LogP contribution in [0.25, 0.3) is 5.69 Å². The molecule has 2 nitrogen and oxygen atoms in total. The first-order valence-corrected chi connectivity index (χ1v) is 5.34. The zero-order valence-corrected chi connectivity index (χ0v) is 9.57. The van der Waals surface area contributed by atoms with Gasteiger partial charge in [0.1, 0.15) is 0 Å². The molecule has 0 unspecified atom stereocenters. The van der Waals surface area contributed by atoms with E-state index in [4.69, 9.17) is 11.6 Å². The summed E-state index contributed by atoms with van der Waals surface area (Å²) in [7, 11) is 0. The summed E-state index contributed by atoms with van der Waals surface area (Å²) in [5, 5.41) is 0.780. The number of halogens is 1. The summed E-state index contributed by atoms with van der Waals surface area (Å²) in [4.78, 5) is 4.05. The Bertz CT molecular complexity index is 447. The minimum absolute atomic E-state index is 0.445. The van der Waals surface area contributed by atoms with Crippen LogP contribution < -0.4 is 0 Å². The molecule has 0 saturated carbocycles. The van der Waals surface area contributed by atoms with Crippen molar-refractivity contribution >= 4 is 11.6 Å². The fourth-order valence-corrected chi connectivity index (χ4v) is 1.81. The van der Waals surface area contributed by atoms with Gasteiger partial charge in [-0.3, -0.25) is 0 Å². The van der Waals surface area contributed by atoms with Crippen molar-refractivity contribution < 1.29 is 0 Å². The SMILES string of the molecule is CC(C)c1cc(Cl)ccc1-n1ccnc1. The Labute approximate surface area is 94.5 Å². The molecule has 1 aromatic carbocycles. The minimum Gasteiger partial charge on any atom is -0.306 e. The molecule has 2 aromatic rings. The van der Waals surface area contributed by atoms with E-state index in [9.17, 15) is 0 Å².